The maximum absolute atomic E-state index is 11.9. The molecule has 0 saturated carbocycles. The van der Waals surface area contributed by atoms with Crippen molar-refractivity contribution in [2.75, 3.05) is 0 Å². The maximum atomic E-state index is 11.9. The molecule has 2 rings (SSSR count). The van der Waals surface area contributed by atoms with Gasteiger partial charge in [0.1, 0.15) is 11.9 Å². The largest absolute Gasteiger partial charge is 0.485 e. The van der Waals surface area contributed by atoms with Crippen LogP contribution in [0.4, 0.5) is 0 Å². The Kier molecular flexibility index (Phi) is 3.01. The van der Waals surface area contributed by atoms with Crippen molar-refractivity contribution in [2.24, 2.45) is 0 Å². The summed E-state index contributed by atoms with van der Waals surface area (Å²) in [6, 6.07) is 5.16. The van der Waals surface area contributed by atoms with E-state index in [4.69, 9.17) is 16.3 Å². The summed E-state index contributed by atoms with van der Waals surface area (Å²) in [5.41, 5.74) is 1.67. The fourth-order valence-electron chi connectivity index (χ4n) is 1.74. The summed E-state index contributed by atoms with van der Waals surface area (Å²) >= 11 is 5.85. The summed E-state index contributed by atoms with van der Waals surface area (Å²) in [7, 11) is 0. The molecule has 3 heteroatoms. The van der Waals surface area contributed by atoms with Crippen molar-refractivity contribution in [2.45, 2.75) is 26.4 Å². The van der Waals surface area contributed by atoms with Crippen LogP contribution in [0.1, 0.15) is 30.6 Å². The smallest absolute Gasteiger partial charge is 0.170 e. The first-order valence-electron chi connectivity index (χ1n) is 5.24. The van der Waals surface area contributed by atoms with Gasteiger partial charge in [0, 0.05) is 5.02 Å². The molecule has 1 aliphatic heterocycles. The Bertz CT molecular complexity index is 463. The average molecular weight is 237 g/mol. The van der Waals surface area contributed by atoms with Crippen LogP contribution in [0.25, 0.3) is 0 Å². The average Bonchev–Trinajstić information content (AvgIpc) is 2.28. The topological polar surface area (TPSA) is 26.3 Å². The van der Waals surface area contributed by atoms with Crippen molar-refractivity contribution < 1.29 is 9.53 Å². The van der Waals surface area contributed by atoms with Gasteiger partial charge in [-0.1, -0.05) is 17.7 Å². The maximum Gasteiger partial charge on any atom is 0.170 e. The molecule has 0 bridgehead atoms. The molecule has 1 aromatic carbocycles. The zero-order valence-electron chi connectivity index (χ0n) is 9.29. The van der Waals surface area contributed by atoms with Gasteiger partial charge in [0.05, 0.1) is 12.0 Å². The number of halogens is 1. The molecule has 1 aromatic rings. The predicted octanol–water partition coefficient (Wildman–Crippen LogP) is 3.64. The molecule has 0 saturated heterocycles. The van der Waals surface area contributed by atoms with Gasteiger partial charge in [-0.2, -0.15) is 0 Å². The molecule has 1 heterocycles. The van der Waals surface area contributed by atoms with E-state index in [1.165, 1.54) is 0 Å². The summed E-state index contributed by atoms with van der Waals surface area (Å²) in [5.74, 6) is 0.724. The number of benzene rings is 1. The van der Waals surface area contributed by atoms with Crippen molar-refractivity contribution in [3.05, 3.63) is 40.4 Å². The van der Waals surface area contributed by atoms with E-state index in [-0.39, 0.29) is 11.9 Å². The van der Waals surface area contributed by atoms with Gasteiger partial charge in [0.15, 0.2) is 5.78 Å². The van der Waals surface area contributed by atoms with Crippen molar-refractivity contribution in [1.82, 2.24) is 0 Å². The van der Waals surface area contributed by atoms with Crippen LogP contribution in [0.2, 0.25) is 5.02 Å². The minimum absolute atomic E-state index is 0.0925. The second-order valence-electron chi connectivity index (χ2n) is 3.91. The lowest BCUT2D eigenvalue weighted by molar-refractivity contribution is 0.0884. The number of ketones is 1. The zero-order chi connectivity index (χ0) is 11.7. The molecule has 16 heavy (non-hydrogen) atoms. The fourth-order valence-corrected chi connectivity index (χ4v) is 1.91. The molecule has 1 aliphatic rings. The first-order valence-corrected chi connectivity index (χ1v) is 5.62. The minimum Gasteiger partial charge on any atom is -0.485 e. The van der Waals surface area contributed by atoms with Gasteiger partial charge in [-0.25, -0.2) is 0 Å². The van der Waals surface area contributed by atoms with Gasteiger partial charge >= 0.3 is 0 Å². The van der Waals surface area contributed by atoms with Gasteiger partial charge in [-0.3, -0.25) is 4.79 Å². The Morgan fingerprint density at radius 3 is 3.00 bits per heavy atom. The lowest BCUT2D eigenvalue weighted by Crippen LogP contribution is -2.27. The predicted molar refractivity (Wildman–Crippen MR) is 64.2 cm³/mol. The first kappa shape index (κ1) is 11.2. The van der Waals surface area contributed by atoms with E-state index in [9.17, 15) is 4.79 Å². The number of hydrogen-bond acceptors (Lipinski definition) is 2. The standard InChI is InChI=1S/C13H13ClO2/c1-3-8(2)13-7-11(15)10-6-9(14)4-5-12(10)16-13/h3-6,13H,7H2,1-2H3/b8-3+. The summed E-state index contributed by atoms with van der Waals surface area (Å²) in [6.07, 6.45) is 2.23. The molecule has 1 unspecified atom stereocenters. The fraction of sp³-hybridized carbons (Fsp3) is 0.308. The van der Waals surface area contributed by atoms with Gasteiger partial charge in [-0.15, -0.1) is 0 Å². The molecule has 0 fully saturated rings. The van der Waals surface area contributed by atoms with Crippen LogP contribution in [-0.2, 0) is 0 Å². The molecule has 0 aromatic heterocycles. The van der Waals surface area contributed by atoms with Gasteiger partial charge in [-0.05, 0) is 37.6 Å². The normalized spacial score (nSPS) is 20.3. The molecular weight excluding hydrogens is 224 g/mol. The molecule has 0 spiro atoms. The summed E-state index contributed by atoms with van der Waals surface area (Å²) in [5, 5.41) is 0.567. The Labute approximate surface area is 99.9 Å². The summed E-state index contributed by atoms with van der Waals surface area (Å²) in [4.78, 5) is 11.9. The number of fused-ring (bicyclic) bond motifs is 1. The van der Waals surface area contributed by atoms with Crippen molar-refractivity contribution >= 4 is 17.4 Å². The molecular formula is C13H13ClO2. The van der Waals surface area contributed by atoms with Gasteiger partial charge in [0.25, 0.3) is 0 Å². The van der Waals surface area contributed by atoms with E-state index in [2.05, 4.69) is 0 Å². The number of hydrogen-bond donors (Lipinski definition) is 0. The number of carbonyl (C=O) groups excluding carboxylic acids is 1. The second-order valence-corrected chi connectivity index (χ2v) is 4.34. The number of allylic oxidation sites excluding steroid dienone is 1. The number of carbonyl (C=O) groups is 1. The molecule has 1 atom stereocenters. The van der Waals surface area contributed by atoms with Crippen molar-refractivity contribution in [3.63, 3.8) is 0 Å². The van der Waals surface area contributed by atoms with E-state index in [0.717, 1.165) is 5.57 Å². The van der Waals surface area contributed by atoms with E-state index in [1.54, 1.807) is 18.2 Å². The molecule has 0 radical (unpaired) electrons. The third-order valence-electron chi connectivity index (χ3n) is 2.85. The third-order valence-corrected chi connectivity index (χ3v) is 3.08. The second kappa shape index (κ2) is 4.30. The zero-order valence-corrected chi connectivity index (χ0v) is 10.0. The van der Waals surface area contributed by atoms with Crippen LogP contribution < -0.4 is 4.74 Å². The Morgan fingerprint density at radius 1 is 1.56 bits per heavy atom. The van der Waals surface area contributed by atoms with Crippen LogP contribution in [0.3, 0.4) is 0 Å². The highest BCUT2D eigenvalue weighted by Gasteiger charge is 2.27. The van der Waals surface area contributed by atoms with Crippen LogP contribution in [0.15, 0.2) is 29.8 Å². The Hall–Kier alpha value is -1.28. The molecule has 0 amide bonds. The SMILES string of the molecule is C/C=C(\C)C1CC(=O)c2cc(Cl)ccc2O1. The van der Waals surface area contributed by atoms with E-state index in [1.807, 2.05) is 19.9 Å². The third kappa shape index (κ3) is 1.98. The van der Waals surface area contributed by atoms with Gasteiger partial charge < -0.3 is 4.74 Å². The highest BCUT2D eigenvalue weighted by atomic mass is 35.5. The molecule has 0 aliphatic carbocycles. The summed E-state index contributed by atoms with van der Waals surface area (Å²) < 4.78 is 5.76. The highest BCUT2D eigenvalue weighted by molar-refractivity contribution is 6.31. The monoisotopic (exact) mass is 236 g/mol. The highest BCUT2D eigenvalue weighted by Crippen LogP contribution is 2.31. The molecule has 0 N–H and O–H groups in total. The quantitative estimate of drug-likeness (QED) is 0.696. The molecule has 2 nitrogen and oxygen atoms in total. The number of ether oxygens (including phenoxy) is 1. The lowest BCUT2D eigenvalue weighted by Gasteiger charge is -2.25. The van der Waals surface area contributed by atoms with Crippen LogP contribution in [-0.4, -0.2) is 11.9 Å². The number of Topliss-reactive ketones (excluding diaryl/α,β-unsaturated/α-hetero) is 1. The number of rotatable bonds is 1. The van der Waals surface area contributed by atoms with Crippen LogP contribution in [0.5, 0.6) is 5.75 Å². The first-order chi connectivity index (χ1) is 7.61. The van der Waals surface area contributed by atoms with Crippen molar-refractivity contribution in [3.8, 4) is 5.75 Å². The lowest BCUT2D eigenvalue weighted by atomic mass is 9.97. The Balaban J connectivity index is 2.37. The van der Waals surface area contributed by atoms with Crippen molar-refractivity contribution in [1.29, 1.82) is 0 Å². The minimum atomic E-state index is -0.133. The van der Waals surface area contributed by atoms with E-state index in [0.29, 0.717) is 22.8 Å². The summed E-state index contributed by atoms with van der Waals surface area (Å²) in [6.45, 7) is 3.92. The van der Waals surface area contributed by atoms with Crippen LogP contribution in [0, 0.1) is 0 Å². The van der Waals surface area contributed by atoms with E-state index >= 15 is 0 Å². The van der Waals surface area contributed by atoms with Crippen LogP contribution >= 0.6 is 11.6 Å². The Morgan fingerprint density at radius 2 is 2.31 bits per heavy atom. The van der Waals surface area contributed by atoms with Gasteiger partial charge in [0.2, 0.25) is 0 Å². The molecule has 84 valence electrons. The van der Waals surface area contributed by atoms with E-state index < -0.39 is 0 Å².